The maximum Gasteiger partial charge on any atom is 0.164 e. The molecule has 4 aromatic heterocycles. The van der Waals surface area contributed by atoms with Gasteiger partial charge in [0.15, 0.2) is 17.5 Å². The molecule has 5 nitrogen and oxygen atoms in total. The van der Waals surface area contributed by atoms with Gasteiger partial charge < -0.3 is 8.83 Å². The fraction of sp³-hybridized carbons (Fsp3) is 0. The van der Waals surface area contributed by atoms with Gasteiger partial charge in [-0.1, -0.05) is 127 Å². The largest absolute Gasteiger partial charge is 0.456 e. The molecular formula is C51H29N3O2S. The molecule has 0 spiro atoms. The molecule has 6 heteroatoms. The molecule has 266 valence electrons. The third-order valence-corrected chi connectivity index (χ3v) is 12.1. The van der Waals surface area contributed by atoms with Gasteiger partial charge in [0, 0.05) is 58.4 Å². The van der Waals surface area contributed by atoms with E-state index >= 15 is 0 Å². The molecule has 0 atom stereocenters. The Kier molecular flexibility index (Phi) is 7.03. The number of hydrogen-bond acceptors (Lipinski definition) is 6. The van der Waals surface area contributed by atoms with Gasteiger partial charge in [0.05, 0.1) is 0 Å². The van der Waals surface area contributed by atoms with E-state index in [-0.39, 0.29) is 0 Å². The van der Waals surface area contributed by atoms with E-state index in [4.69, 9.17) is 23.8 Å². The average molecular weight is 748 g/mol. The van der Waals surface area contributed by atoms with Gasteiger partial charge in [0.25, 0.3) is 0 Å². The number of aromatic nitrogens is 3. The van der Waals surface area contributed by atoms with Crippen LogP contribution in [0.4, 0.5) is 0 Å². The summed E-state index contributed by atoms with van der Waals surface area (Å²) in [7, 11) is 0. The van der Waals surface area contributed by atoms with Gasteiger partial charge in [-0.05, 0) is 70.8 Å². The van der Waals surface area contributed by atoms with Gasteiger partial charge >= 0.3 is 0 Å². The highest BCUT2D eigenvalue weighted by Crippen LogP contribution is 2.43. The summed E-state index contributed by atoms with van der Waals surface area (Å²) in [4.78, 5) is 15.0. The van der Waals surface area contributed by atoms with Crippen molar-refractivity contribution < 1.29 is 8.83 Å². The van der Waals surface area contributed by atoms with Crippen LogP contribution in [0.3, 0.4) is 0 Å². The third-order valence-electron chi connectivity index (χ3n) is 11.0. The molecule has 8 aromatic carbocycles. The zero-order valence-electron chi connectivity index (χ0n) is 30.3. The first-order valence-electron chi connectivity index (χ1n) is 18.9. The van der Waals surface area contributed by atoms with Crippen molar-refractivity contribution >= 4 is 75.4 Å². The Morgan fingerprint density at radius 1 is 0.316 bits per heavy atom. The summed E-state index contributed by atoms with van der Waals surface area (Å²) < 4.78 is 15.7. The molecule has 0 fully saturated rings. The highest BCUT2D eigenvalue weighted by atomic mass is 32.1. The van der Waals surface area contributed by atoms with Gasteiger partial charge in [-0.25, -0.2) is 15.0 Å². The van der Waals surface area contributed by atoms with Crippen LogP contribution in [0.15, 0.2) is 185 Å². The molecule has 0 saturated carbocycles. The summed E-state index contributed by atoms with van der Waals surface area (Å²) in [6.45, 7) is 0. The van der Waals surface area contributed by atoms with Gasteiger partial charge in [-0.2, -0.15) is 0 Å². The van der Waals surface area contributed by atoms with E-state index in [0.717, 1.165) is 77.3 Å². The molecule has 0 N–H and O–H groups in total. The number of hydrogen-bond donors (Lipinski definition) is 0. The lowest BCUT2D eigenvalue weighted by atomic mass is 9.96. The number of furan rings is 2. The number of benzene rings is 8. The minimum atomic E-state index is 0.589. The number of fused-ring (bicyclic) bond motifs is 9. The van der Waals surface area contributed by atoms with Crippen molar-refractivity contribution in [1.82, 2.24) is 15.0 Å². The third kappa shape index (κ3) is 5.19. The fourth-order valence-corrected chi connectivity index (χ4v) is 9.41. The molecule has 0 radical (unpaired) electrons. The van der Waals surface area contributed by atoms with Crippen molar-refractivity contribution in [2.75, 3.05) is 0 Å². The Hall–Kier alpha value is -7.41. The van der Waals surface area contributed by atoms with E-state index in [2.05, 4.69) is 103 Å². The van der Waals surface area contributed by atoms with E-state index in [1.807, 2.05) is 84.1 Å². The van der Waals surface area contributed by atoms with Crippen LogP contribution in [-0.2, 0) is 0 Å². The SMILES string of the molecule is c1ccc(-c2nc(-c3ccccc3)nc(-c3cccc4oc5ccc(-c6cccc7oc8cc(-c9ccc%10c(c9)sc9ccccc9%10)ccc8c67)cc5c34)n2)cc1. The van der Waals surface area contributed by atoms with Gasteiger partial charge in [-0.3, -0.25) is 0 Å². The van der Waals surface area contributed by atoms with Crippen LogP contribution in [-0.4, -0.2) is 15.0 Å². The fourth-order valence-electron chi connectivity index (χ4n) is 8.26. The molecule has 0 aliphatic rings. The molecule has 0 aliphatic heterocycles. The molecule has 4 heterocycles. The minimum absolute atomic E-state index is 0.589. The maximum atomic E-state index is 6.59. The zero-order valence-corrected chi connectivity index (χ0v) is 31.1. The normalized spacial score (nSPS) is 11.9. The lowest BCUT2D eigenvalue weighted by molar-refractivity contribution is 0.669. The van der Waals surface area contributed by atoms with E-state index in [9.17, 15) is 0 Å². The molecule has 0 amide bonds. The van der Waals surface area contributed by atoms with Crippen LogP contribution < -0.4 is 0 Å². The average Bonchev–Trinajstić information content (AvgIpc) is 3.97. The van der Waals surface area contributed by atoms with Gasteiger partial charge in [0.2, 0.25) is 0 Å². The second-order valence-corrected chi connectivity index (χ2v) is 15.4. The molecule has 12 rings (SSSR count). The Labute approximate surface area is 330 Å². The predicted octanol–water partition coefficient (Wildman–Crippen LogP) is 14.4. The number of nitrogens with zero attached hydrogens (tertiary/aromatic N) is 3. The lowest BCUT2D eigenvalue weighted by Gasteiger charge is -2.09. The topological polar surface area (TPSA) is 65.0 Å². The summed E-state index contributed by atoms with van der Waals surface area (Å²) in [6.07, 6.45) is 0. The molecular weight excluding hydrogens is 719 g/mol. The number of thiophene rings is 1. The quantitative estimate of drug-likeness (QED) is 0.175. The predicted molar refractivity (Wildman–Crippen MR) is 234 cm³/mol. The first kappa shape index (κ1) is 31.9. The lowest BCUT2D eigenvalue weighted by Crippen LogP contribution is -2.00. The van der Waals surface area contributed by atoms with Crippen LogP contribution in [0.25, 0.3) is 120 Å². The summed E-state index contributed by atoms with van der Waals surface area (Å²) in [5, 5.41) is 6.72. The van der Waals surface area contributed by atoms with Crippen LogP contribution in [0.5, 0.6) is 0 Å². The molecule has 0 saturated heterocycles. The smallest absolute Gasteiger partial charge is 0.164 e. The molecule has 12 aromatic rings. The maximum absolute atomic E-state index is 6.59. The Bertz CT molecular complexity index is 3470. The summed E-state index contributed by atoms with van der Waals surface area (Å²) in [5.74, 6) is 1.83. The van der Waals surface area contributed by atoms with E-state index < -0.39 is 0 Å². The summed E-state index contributed by atoms with van der Waals surface area (Å²) in [6, 6.07) is 60.9. The second kappa shape index (κ2) is 12.6. The van der Waals surface area contributed by atoms with Crippen molar-refractivity contribution in [3.63, 3.8) is 0 Å². The zero-order chi connectivity index (χ0) is 37.5. The summed E-state index contributed by atoms with van der Waals surface area (Å²) in [5.41, 5.74) is 10.5. The first-order chi connectivity index (χ1) is 28.2. The molecule has 0 bridgehead atoms. The van der Waals surface area contributed by atoms with E-state index in [1.165, 1.54) is 25.7 Å². The highest BCUT2D eigenvalue weighted by Gasteiger charge is 2.20. The van der Waals surface area contributed by atoms with Crippen molar-refractivity contribution in [3.05, 3.63) is 176 Å². The van der Waals surface area contributed by atoms with Crippen molar-refractivity contribution in [1.29, 1.82) is 0 Å². The van der Waals surface area contributed by atoms with Gasteiger partial charge in [0.1, 0.15) is 22.3 Å². The first-order valence-corrected chi connectivity index (χ1v) is 19.7. The molecule has 57 heavy (non-hydrogen) atoms. The highest BCUT2D eigenvalue weighted by molar-refractivity contribution is 7.25. The van der Waals surface area contributed by atoms with Crippen molar-refractivity contribution in [2.45, 2.75) is 0 Å². The Balaban J connectivity index is 0.999. The standard InChI is InChI=1S/C51H29N3O2S/c1-3-11-30(12-4-1)49-52-50(31-13-5-2-6-14-31)54-51(53-49)39-17-10-19-43-48(39)40-27-34(23-26-41(40)55-43)35-16-9-18-42-47(35)38-25-22-32(28-44(38)56-42)33-21-24-37-36-15-7-8-20-45(36)57-46(37)29-33/h1-29H. The Morgan fingerprint density at radius 3 is 1.65 bits per heavy atom. The Morgan fingerprint density at radius 2 is 0.895 bits per heavy atom. The van der Waals surface area contributed by atoms with Crippen LogP contribution in [0, 0.1) is 0 Å². The molecule has 0 aliphatic carbocycles. The van der Waals surface area contributed by atoms with Crippen molar-refractivity contribution in [3.8, 4) is 56.4 Å². The van der Waals surface area contributed by atoms with Crippen LogP contribution >= 0.6 is 11.3 Å². The van der Waals surface area contributed by atoms with Crippen molar-refractivity contribution in [2.24, 2.45) is 0 Å². The van der Waals surface area contributed by atoms with E-state index in [0.29, 0.717) is 17.5 Å². The second-order valence-electron chi connectivity index (χ2n) is 14.3. The van der Waals surface area contributed by atoms with Gasteiger partial charge in [-0.15, -0.1) is 11.3 Å². The minimum Gasteiger partial charge on any atom is -0.456 e. The number of rotatable bonds is 5. The molecule has 0 unspecified atom stereocenters. The van der Waals surface area contributed by atoms with E-state index in [1.54, 1.807) is 0 Å². The van der Waals surface area contributed by atoms with Crippen LogP contribution in [0.1, 0.15) is 0 Å². The van der Waals surface area contributed by atoms with Crippen LogP contribution in [0.2, 0.25) is 0 Å². The monoisotopic (exact) mass is 747 g/mol. The summed E-state index contributed by atoms with van der Waals surface area (Å²) >= 11 is 1.84.